The van der Waals surface area contributed by atoms with Crippen molar-refractivity contribution in [2.24, 2.45) is 0 Å². The van der Waals surface area contributed by atoms with Crippen LogP contribution in [0.5, 0.6) is 0 Å². The van der Waals surface area contributed by atoms with Gasteiger partial charge in [-0.05, 0) is 0 Å². The van der Waals surface area contributed by atoms with Gasteiger partial charge in [0.15, 0.2) is 0 Å². The summed E-state index contributed by atoms with van der Waals surface area (Å²) in [5, 5.41) is 0. The van der Waals surface area contributed by atoms with E-state index in [0.717, 1.165) is 18.2 Å². The third-order valence-corrected chi connectivity index (χ3v) is 1.86. The van der Waals surface area contributed by atoms with Gasteiger partial charge in [0.05, 0.1) is 13.7 Å². The van der Waals surface area contributed by atoms with Gasteiger partial charge < -0.3 is 4.74 Å². The van der Waals surface area contributed by atoms with Crippen LogP contribution in [-0.4, -0.2) is 29.8 Å². The second kappa shape index (κ2) is 4.37. The smallest absolute Gasteiger partial charge is 0.337 e. The molecule has 0 spiro atoms. The Kier molecular flexibility index (Phi) is 3.18. The van der Waals surface area contributed by atoms with E-state index in [1.54, 1.807) is 0 Å². The van der Waals surface area contributed by atoms with Crippen LogP contribution in [0.4, 0.5) is 0 Å². The number of nitrogens with zero attached hydrogens (tertiary/aromatic N) is 2. The Balaban J connectivity index is 2.94. The molecule has 0 radical (unpaired) electrons. The van der Waals surface area contributed by atoms with E-state index < -0.39 is 17.8 Å². The quantitative estimate of drug-likeness (QED) is 0.279. The fourth-order valence-corrected chi connectivity index (χ4v) is 1.09. The molecule has 0 N–H and O–H groups in total. The average Bonchev–Trinajstić information content (AvgIpc) is 2.55. The van der Waals surface area contributed by atoms with Gasteiger partial charge in [-0.25, -0.2) is 4.85 Å². The SMILES string of the molecule is [C-]#[N+]/C(=C/N1C(=O)CCC1=O)C(=O)OC. The minimum absolute atomic E-state index is 0.113. The Labute approximate surface area is 85.9 Å². The molecule has 2 amide bonds. The Morgan fingerprint density at radius 1 is 1.47 bits per heavy atom. The van der Waals surface area contributed by atoms with Crippen LogP contribution in [0.1, 0.15) is 12.8 Å². The van der Waals surface area contributed by atoms with Gasteiger partial charge in [0.2, 0.25) is 11.8 Å². The van der Waals surface area contributed by atoms with Crippen molar-refractivity contribution in [1.29, 1.82) is 0 Å². The first-order chi connectivity index (χ1) is 7.10. The number of rotatable bonds is 2. The fraction of sp³-hybridized carbons (Fsp3) is 0.333. The van der Waals surface area contributed by atoms with Crippen molar-refractivity contribution >= 4 is 17.8 Å². The molecule has 6 heteroatoms. The number of hydrogen-bond donors (Lipinski definition) is 0. The van der Waals surface area contributed by atoms with Crippen LogP contribution in [-0.2, 0) is 19.1 Å². The van der Waals surface area contributed by atoms with Crippen molar-refractivity contribution in [2.75, 3.05) is 7.11 Å². The summed E-state index contributed by atoms with van der Waals surface area (Å²) in [4.78, 5) is 37.0. The van der Waals surface area contributed by atoms with Crippen molar-refractivity contribution in [3.8, 4) is 0 Å². The molecule has 15 heavy (non-hydrogen) atoms. The number of ether oxygens (including phenoxy) is 1. The van der Waals surface area contributed by atoms with Crippen molar-refractivity contribution in [1.82, 2.24) is 4.90 Å². The van der Waals surface area contributed by atoms with E-state index >= 15 is 0 Å². The summed E-state index contributed by atoms with van der Waals surface area (Å²) in [6, 6.07) is 0. The molecule has 1 fully saturated rings. The van der Waals surface area contributed by atoms with E-state index in [9.17, 15) is 14.4 Å². The van der Waals surface area contributed by atoms with Gasteiger partial charge in [-0.3, -0.25) is 19.3 Å². The van der Waals surface area contributed by atoms with Crippen molar-refractivity contribution in [2.45, 2.75) is 12.8 Å². The van der Waals surface area contributed by atoms with Gasteiger partial charge in [0.1, 0.15) is 0 Å². The Morgan fingerprint density at radius 3 is 2.40 bits per heavy atom. The second-order valence-electron chi connectivity index (χ2n) is 2.78. The van der Waals surface area contributed by atoms with Gasteiger partial charge in [-0.1, -0.05) is 0 Å². The topological polar surface area (TPSA) is 68.0 Å². The number of methoxy groups -OCH3 is 1. The van der Waals surface area contributed by atoms with E-state index in [1.807, 2.05) is 0 Å². The van der Waals surface area contributed by atoms with Crippen LogP contribution in [0.2, 0.25) is 0 Å². The van der Waals surface area contributed by atoms with Gasteiger partial charge in [0, 0.05) is 19.0 Å². The summed E-state index contributed by atoms with van der Waals surface area (Å²) in [5.74, 6) is -1.69. The first kappa shape index (κ1) is 10.9. The lowest BCUT2D eigenvalue weighted by molar-refractivity contribution is -0.136. The predicted octanol–water partition coefficient (Wildman–Crippen LogP) is 0.0691. The summed E-state index contributed by atoms with van der Waals surface area (Å²) in [6.45, 7) is 6.70. The highest BCUT2D eigenvalue weighted by Gasteiger charge is 2.28. The highest BCUT2D eigenvalue weighted by molar-refractivity contribution is 6.04. The Bertz CT molecular complexity index is 375. The molecule has 6 nitrogen and oxygen atoms in total. The zero-order valence-electron chi connectivity index (χ0n) is 8.02. The monoisotopic (exact) mass is 208 g/mol. The molecule has 0 unspecified atom stereocenters. The van der Waals surface area contributed by atoms with E-state index in [0.29, 0.717) is 0 Å². The van der Waals surface area contributed by atoms with Crippen molar-refractivity contribution < 1.29 is 19.1 Å². The summed E-state index contributed by atoms with van der Waals surface area (Å²) >= 11 is 0. The first-order valence-corrected chi connectivity index (χ1v) is 4.12. The van der Waals surface area contributed by atoms with E-state index in [4.69, 9.17) is 6.57 Å². The maximum absolute atomic E-state index is 11.2. The fourth-order valence-electron chi connectivity index (χ4n) is 1.09. The second-order valence-corrected chi connectivity index (χ2v) is 2.78. The lowest BCUT2D eigenvalue weighted by Gasteiger charge is -2.07. The van der Waals surface area contributed by atoms with Crippen LogP contribution < -0.4 is 0 Å². The highest BCUT2D eigenvalue weighted by atomic mass is 16.5. The van der Waals surface area contributed by atoms with Crippen LogP contribution >= 0.6 is 0 Å². The van der Waals surface area contributed by atoms with E-state index in [2.05, 4.69) is 9.58 Å². The van der Waals surface area contributed by atoms with Gasteiger partial charge in [-0.2, -0.15) is 0 Å². The molecule has 1 aliphatic heterocycles. The average molecular weight is 208 g/mol. The molecule has 78 valence electrons. The summed E-state index contributed by atoms with van der Waals surface area (Å²) < 4.78 is 4.31. The molecule has 0 aliphatic carbocycles. The molecule has 1 saturated heterocycles. The predicted molar refractivity (Wildman–Crippen MR) is 47.8 cm³/mol. The molecule has 0 aromatic rings. The molecular formula is C9H8N2O4. The van der Waals surface area contributed by atoms with Crippen molar-refractivity contribution in [3.05, 3.63) is 23.3 Å². The third-order valence-electron chi connectivity index (χ3n) is 1.86. The molecule has 1 rings (SSSR count). The number of imide groups is 1. The number of esters is 1. The Hall–Kier alpha value is -2.16. The third kappa shape index (κ3) is 2.20. The first-order valence-electron chi connectivity index (χ1n) is 4.12. The van der Waals surface area contributed by atoms with Gasteiger partial charge in [0.25, 0.3) is 5.70 Å². The number of carbonyl (C=O) groups is 3. The summed E-state index contributed by atoms with van der Waals surface area (Å²) in [5.41, 5.74) is -0.388. The summed E-state index contributed by atoms with van der Waals surface area (Å²) in [6.07, 6.45) is 1.15. The minimum Gasteiger partial charge on any atom is -0.474 e. The van der Waals surface area contributed by atoms with Crippen molar-refractivity contribution in [3.63, 3.8) is 0 Å². The molecule has 1 heterocycles. The van der Waals surface area contributed by atoms with Crippen LogP contribution in [0, 0.1) is 6.57 Å². The maximum atomic E-state index is 11.2. The maximum Gasteiger partial charge on any atom is 0.337 e. The summed E-state index contributed by atoms with van der Waals surface area (Å²) in [7, 11) is 1.12. The van der Waals surface area contributed by atoms with Gasteiger partial charge in [-0.15, -0.1) is 0 Å². The molecule has 0 bridgehead atoms. The number of hydrogen-bond acceptors (Lipinski definition) is 4. The molecule has 0 aromatic heterocycles. The van der Waals surface area contributed by atoms with E-state index in [-0.39, 0.29) is 18.5 Å². The zero-order chi connectivity index (χ0) is 11.4. The lowest BCUT2D eigenvalue weighted by atomic mass is 10.4. The molecule has 0 saturated carbocycles. The largest absolute Gasteiger partial charge is 0.474 e. The number of carbonyl (C=O) groups excluding carboxylic acids is 3. The molecule has 0 aromatic carbocycles. The van der Waals surface area contributed by atoms with E-state index in [1.165, 1.54) is 0 Å². The molecule has 0 atom stereocenters. The van der Waals surface area contributed by atoms with Crippen LogP contribution in [0.3, 0.4) is 0 Å². The minimum atomic E-state index is -0.863. The normalized spacial score (nSPS) is 16.5. The lowest BCUT2D eigenvalue weighted by Crippen LogP contribution is -2.24. The zero-order valence-corrected chi connectivity index (χ0v) is 8.02. The standard InChI is InChI=1S/C9H8N2O4/c1-10-6(9(14)15-2)5-11-7(12)3-4-8(11)13/h5H,3-4H2,2H3/b6-5+. The Morgan fingerprint density at radius 2 is 2.00 bits per heavy atom. The number of amides is 2. The van der Waals surface area contributed by atoms with Crippen LogP contribution in [0.15, 0.2) is 11.9 Å². The molecular weight excluding hydrogens is 200 g/mol. The van der Waals surface area contributed by atoms with Crippen LogP contribution in [0.25, 0.3) is 4.85 Å². The molecule has 1 aliphatic rings. The highest BCUT2D eigenvalue weighted by Crippen LogP contribution is 2.14. The van der Waals surface area contributed by atoms with Gasteiger partial charge >= 0.3 is 5.97 Å². The number of likely N-dealkylation sites (tertiary alicyclic amines) is 1.